The molecule has 2 amide bonds. The molecule has 10 heteroatoms. The van der Waals surface area contributed by atoms with Crippen LogP contribution in [0.15, 0.2) is 120 Å². The van der Waals surface area contributed by atoms with Gasteiger partial charge in [-0.05, 0) is 64.9 Å². The van der Waals surface area contributed by atoms with E-state index in [9.17, 15) is 22.6 Å². The summed E-state index contributed by atoms with van der Waals surface area (Å²) in [5.41, 5.74) is 4.73. The number of para-hydroxylation sites is 1. The molecule has 0 aliphatic rings. The van der Waals surface area contributed by atoms with Crippen LogP contribution in [0.2, 0.25) is 0 Å². The van der Waals surface area contributed by atoms with E-state index >= 15 is 0 Å². The first-order valence-corrected chi connectivity index (χ1v) is 16.7. The standard InChI is InChI=1S/C38H40N2O6S.Na/c1-26(35-25-32-8-6-7-9-34(32)46-35)10-11-27(2)40-37(42)33(30-16-12-28(13-17-30)20-21-38(3,4)5)24-29-14-18-31(19-15-29)36(41)39-22-23-47(43,44)45;/h6-21,25,33H,1-2,22-24H2,3-5H3,(H,39,41)(H,40,42)(H,43,44,45);/q;+1/p-1/b11-10-,21-20+;. The largest absolute Gasteiger partial charge is 1.00 e. The van der Waals surface area contributed by atoms with Crippen molar-refractivity contribution in [1.82, 2.24) is 10.6 Å². The molecule has 4 aromatic rings. The zero-order chi connectivity index (χ0) is 34.2. The fourth-order valence-corrected chi connectivity index (χ4v) is 5.03. The normalized spacial score (nSPS) is 12.5. The molecule has 0 radical (unpaired) electrons. The monoisotopic (exact) mass is 674 g/mol. The first kappa shape index (κ1) is 38.5. The number of fused-ring (bicyclic) bond motifs is 1. The van der Waals surface area contributed by atoms with E-state index in [0.717, 1.165) is 27.7 Å². The van der Waals surface area contributed by atoms with Crippen LogP contribution in [-0.4, -0.2) is 37.1 Å². The van der Waals surface area contributed by atoms with Crippen LogP contribution in [0, 0.1) is 5.41 Å². The number of carbonyl (C=O) groups is 2. The molecule has 0 spiro atoms. The molecule has 4 rings (SSSR count). The Morgan fingerprint density at radius 2 is 1.62 bits per heavy atom. The number of benzene rings is 3. The molecule has 8 nitrogen and oxygen atoms in total. The van der Waals surface area contributed by atoms with Crippen molar-refractivity contribution >= 4 is 44.6 Å². The summed E-state index contributed by atoms with van der Waals surface area (Å²) >= 11 is 0. The molecular weight excluding hydrogens is 635 g/mol. The van der Waals surface area contributed by atoms with E-state index in [1.165, 1.54) is 0 Å². The van der Waals surface area contributed by atoms with Crippen LogP contribution in [0.4, 0.5) is 0 Å². The average Bonchev–Trinajstić information content (AvgIpc) is 3.46. The van der Waals surface area contributed by atoms with Crippen molar-refractivity contribution in [2.24, 2.45) is 5.41 Å². The number of carbonyl (C=O) groups excluding carboxylic acids is 2. The van der Waals surface area contributed by atoms with Gasteiger partial charge in [0.15, 0.2) is 0 Å². The smallest absolute Gasteiger partial charge is 0.748 e. The molecule has 2 N–H and O–H groups in total. The maximum absolute atomic E-state index is 13.7. The minimum Gasteiger partial charge on any atom is -0.748 e. The molecule has 1 aromatic heterocycles. The van der Waals surface area contributed by atoms with Crippen molar-refractivity contribution in [2.45, 2.75) is 33.1 Å². The number of rotatable bonds is 13. The number of amides is 2. The Labute approximate surface area is 304 Å². The molecule has 0 saturated carbocycles. The summed E-state index contributed by atoms with van der Waals surface area (Å²) in [5.74, 6) is -1.41. The van der Waals surface area contributed by atoms with Crippen LogP contribution in [0.5, 0.6) is 0 Å². The number of hydrogen-bond acceptors (Lipinski definition) is 6. The Kier molecular flexibility index (Phi) is 13.5. The topological polar surface area (TPSA) is 129 Å². The van der Waals surface area contributed by atoms with Gasteiger partial charge in [0.25, 0.3) is 5.91 Å². The van der Waals surface area contributed by atoms with Gasteiger partial charge in [-0.2, -0.15) is 0 Å². The average molecular weight is 675 g/mol. The van der Waals surface area contributed by atoms with Crippen molar-refractivity contribution in [2.75, 3.05) is 12.3 Å². The van der Waals surface area contributed by atoms with Crippen molar-refractivity contribution in [3.63, 3.8) is 0 Å². The van der Waals surface area contributed by atoms with Crippen LogP contribution >= 0.6 is 0 Å². The summed E-state index contributed by atoms with van der Waals surface area (Å²) in [4.78, 5) is 26.1. The second-order valence-electron chi connectivity index (χ2n) is 12.4. The van der Waals surface area contributed by atoms with Gasteiger partial charge in [0.1, 0.15) is 11.3 Å². The maximum Gasteiger partial charge on any atom is 1.00 e. The van der Waals surface area contributed by atoms with Crippen molar-refractivity contribution < 1.29 is 56.5 Å². The minimum absolute atomic E-state index is 0. The van der Waals surface area contributed by atoms with E-state index in [0.29, 0.717) is 29.0 Å². The summed E-state index contributed by atoms with van der Waals surface area (Å²) in [7, 11) is -4.43. The van der Waals surface area contributed by atoms with Gasteiger partial charge in [0, 0.05) is 28.8 Å². The van der Waals surface area contributed by atoms with Crippen LogP contribution in [0.25, 0.3) is 22.6 Å². The number of nitrogens with one attached hydrogen (secondary N) is 2. The van der Waals surface area contributed by atoms with Gasteiger partial charge in [-0.1, -0.05) is 101 Å². The molecule has 1 unspecified atom stereocenters. The molecule has 0 bridgehead atoms. The molecule has 48 heavy (non-hydrogen) atoms. The summed E-state index contributed by atoms with van der Waals surface area (Å²) in [6.45, 7) is 14.2. The van der Waals surface area contributed by atoms with Crippen LogP contribution < -0.4 is 40.2 Å². The SMILES string of the molecule is C=C(/C=C\C(=C)c1cc2ccccc2o1)NC(=O)C(Cc1ccc(C(=O)NCCS(=O)(=O)[O-])cc1)c1ccc(/C=C/C(C)(C)C)cc1.[Na+]. The Balaban J connectivity index is 0.00000625. The Morgan fingerprint density at radius 1 is 0.958 bits per heavy atom. The molecule has 3 aromatic carbocycles. The predicted octanol–water partition coefficient (Wildman–Crippen LogP) is 4.00. The molecule has 0 saturated heterocycles. The summed E-state index contributed by atoms with van der Waals surface area (Å²) in [5, 5.41) is 6.31. The van der Waals surface area contributed by atoms with Gasteiger partial charge in [0.2, 0.25) is 5.91 Å². The van der Waals surface area contributed by atoms with E-state index in [1.54, 1.807) is 36.4 Å². The quantitative estimate of drug-likeness (QED) is 0.125. The van der Waals surface area contributed by atoms with Gasteiger partial charge in [-0.25, -0.2) is 8.42 Å². The zero-order valence-electron chi connectivity index (χ0n) is 27.8. The molecule has 244 valence electrons. The number of hydrogen-bond donors (Lipinski definition) is 2. The third kappa shape index (κ3) is 11.9. The molecular formula is C38H39N2NaO6S. The van der Waals surface area contributed by atoms with Crippen LogP contribution in [0.1, 0.15) is 59.5 Å². The number of allylic oxidation sites excluding steroid dienone is 4. The fourth-order valence-electron chi connectivity index (χ4n) is 4.68. The Bertz CT molecular complexity index is 1900. The third-order valence-corrected chi connectivity index (χ3v) is 7.94. The summed E-state index contributed by atoms with van der Waals surface area (Å²) in [6.07, 6.45) is 7.93. The van der Waals surface area contributed by atoms with Crippen molar-refractivity contribution in [3.05, 3.63) is 144 Å². The summed E-state index contributed by atoms with van der Waals surface area (Å²) in [6, 6.07) is 24.1. The van der Waals surface area contributed by atoms with E-state index < -0.39 is 27.7 Å². The number of furan rings is 1. The molecule has 0 aliphatic carbocycles. The van der Waals surface area contributed by atoms with E-state index in [-0.39, 0.29) is 47.4 Å². The summed E-state index contributed by atoms with van der Waals surface area (Å²) < 4.78 is 38.3. The van der Waals surface area contributed by atoms with Gasteiger partial charge < -0.3 is 19.6 Å². The Morgan fingerprint density at radius 3 is 2.25 bits per heavy atom. The van der Waals surface area contributed by atoms with Gasteiger partial charge >= 0.3 is 29.6 Å². The third-order valence-electron chi connectivity index (χ3n) is 7.24. The zero-order valence-corrected chi connectivity index (χ0v) is 30.6. The van der Waals surface area contributed by atoms with E-state index in [1.807, 2.05) is 54.6 Å². The van der Waals surface area contributed by atoms with E-state index in [2.05, 4.69) is 56.7 Å². The second-order valence-corrected chi connectivity index (χ2v) is 13.9. The van der Waals surface area contributed by atoms with Gasteiger partial charge in [0.05, 0.1) is 21.8 Å². The van der Waals surface area contributed by atoms with Crippen LogP contribution in [-0.2, 0) is 21.3 Å². The first-order chi connectivity index (χ1) is 22.2. The fraction of sp³-hybridized carbons (Fsp3) is 0.211. The maximum atomic E-state index is 13.7. The van der Waals surface area contributed by atoms with Crippen molar-refractivity contribution in [1.29, 1.82) is 0 Å². The predicted molar refractivity (Wildman–Crippen MR) is 186 cm³/mol. The Hall–Kier alpha value is -3.99. The second kappa shape index (κ2) is 16.9. The van der Waals surface area contributed by atoms with Gasteiger partial charge in [-0.3, -0.25) is 9.59 Å². The van der Waals surface area contributed by atoms with Gasteiger partial charge in [-0.15, -0.1) is 0 Å². The first-order valence-electron chi connectivity index (χ1n) is 15.1. The molecule has 0 aliphatic heterocycles. The molecule has 0 fully saturated rings. The molecule has 1 heterocycles. The molecule has 1 atom stereocenters. The van der Waals surface area contributed by atoms with Crippen molar-refractivity contribution in [3.8, 4) is 0 Å². The minimum atomic E-state index is -4.43. The van der Waals surface area contributed by atoms with Crippen LogP contribution in [0.3, 0.4) is 0 Å². The van der Waals surface area contributed by atoms with E-state index in [4.69, 9.17) is 4.42 Å².